The molecule has 2 rings (SSSR count). The predicted octanol–water partition coefficient (Wildman–Crippen LogP) is 2.83. The van der Waals surface area contributed by atoms with Gasteiger partial charge in [-0.1, -0.05) is 17.3 Å². The van der Waals surface area contributed by atoms with Crippen LogP contribution in [0, 0.1) is 6.92 Å². The molecule has 0 aliphatic heterocycles. The normalized spacial score (nSPS) is 10.8. The van der Waals surface area contributed by atoms with Gasteiger partial charge in [-0.25, -0.2) is 0 Å². The number of nitrogens with zero attached hydrogens (tertiary/aromatic N) is 1. The Morgan fingerprint density at radius 1 is 1.35 bits per heavy atom. The van der Waals surface area contributed by atoms with E-state index in [2.05, 4.69) is 9.89 Å². The van der Waals surface area contributed by atoms with E-state index in [9.17, 15) is 8.78 Å². The van der Waals surface area contributed by atoms with E-state index >= 15 is 0 Å². The van der Waals surface area contributed by atoms with Crippen LogP contribution in [-0.2, 0) is 0 Å². The number of rotatable bonds is 3. The van der Waals surface area contributed by atoms with Gasteiger partial charge >= 0.3 is 6.61 Å². The minimum absolute atomic E-state index is 0.104. The largest absolute Gasteiger partial charge is 0.435 e. The lowest BCUT2D eigenvalue weighted by atomic mass is 10.1. The average Bonchev–Trinajstić information content (AvgIpc) is 2.67. The topological polar surface area (TPSA) is 61.3 Å². The second-order valence-corrected chi connectivity index (χ2v) is 3.47. The fourth-order valence-electron chi connectivity index (χ4n) is 1.40. The van der Waals surface area contributed by atoms with Gasteiger partial charge in [0.05, 0.1) is 0 Å². The van der Waals surface area contributed by atoms with Crippen LogP contribution < -0.4 is 10.5 Å². The number of nitrogens with two attached hydrogens (primary N) is 1. The summed E-state index contributed by atoms with van der Waals surface area (Å²) in [7, 11) is 0. The molecule has 2 aromatic rings. The molecule has 0 bridgehead atoms. The van der Waals surface area contributed by atoms with Gasteiger partial charge in [-0.2, -0.15) is 8.78 Å². The summed E-state index contributed by atoms with van der Waals surface area (Å²) < 4.78 is 33.6. The smallest absolute Gasteiger partial charge is 0.387 e. The highest BCUT2D eigenvalue weighted by Gasteiger charge is 2.11. The van der Waals surface area contributed by atoms with Gasteiger partial charge in [-0.15, -0.1) is 0 Å². The standard InChI is InChI=1S/C11H10F2N2O2/c1-6-2-3-7(4-8(6)16-11(12)13)9-5-10(14)15-17-9/h2-5,11H,1H3,(H2,14,15). The van der Waals surface area contributed by atoms with Crippen LogP contribution in [0.15, 0.2) is 28.8 Å². The number of benzene rings is 1. The Kier molecular flexibility index (Phi) is 2.95. The number of hydrogen-bond donors (Lipinski definition) is 1. The number of hydrogen-bond acceptors (Lipinski definition) is 4. The number of nitrogen functional groups attached to an aromatic ring is 1. The summed E-state index contributed by atoms with van der Waals surface area (Å²) in [5, 5.41) is 3.52. The summed E-state index contributed by atoms with van der Waals surface area (Å²) in [6.45, 7) is -1.18. The Balaban J connectivity index is 2.36. The number of halogens is 2. The lowest BCUT2D eigenvalue weighted by Crippen LogP contribution is -2.03. The molecule has 4 nitrogen and oxygen atoms in total. The molecule has 1 aromatic carbocycles. The Bertz CT molecular complexity index is 526. The van der Waals surface area contributed by atoms with Crippen molar-refractivity contribution in [2.75, 3.05) is 5.73 Å². The number of ether oxygens (including phenoxy) is 1. The molecule has 1 aromatic heterocycles. The summed E-state index contributed by atoms with van der Waals surface area (Å²) in [5.74, 6) is 0.742. The van der Waals surface area contributed by atoms with Crippen molar-refractivity contribution >= 4 is 5.82 Å². The highest BCUT2D eigenvalue weighted by molar-refractivity contribution is 5.63. The molecular weight excluding hydrogens is 230 g/mol. The van der Waals surface area contributed by atoms with Gasteiger partial charge in [0.1, 0.15) is 5.75 Å². The fraction of sp³-hybridized carbons (Fsp3) is 0.182. The summed E-state index contributed by atoms with van der Waals surface area (Å²) >= 11 is 0. The second-order valence-electron chi connectivity index (χ2n) is 3.47. The number of aromatic nitrogens is 1. The SMILES string of the molecule is Cc1ccc(-c2cc(N)no2)cc1OC(F)F. The van der Waals surface area contributed by atoms with Crippen molar-refractivity contribution in [3.05, 3.63) is 29.8 Å². The Hall–Kier alpha value is -2.11. The van der Waals surface area contributed by atoms with E-state index in [4.69, 9.17) is 10.3 Å². The van der Waals surface area contributed by atoms with Crippen LogP contribution >= 0.6 is 0 Å². The van der Waals surface area contributed by atoms with E-state index in [1.165, 1.54) is 12.1 Å². The van der Waals surface area contributed by atoms with E-state index in [0.29, 0.717) is 16.9 Å². The zero-order valence-corrected chi connectivity index (χ0v) is 8.98. The Labute approximate surface area is 96.0 Å². The predicted molar refractivity (Wildman–Crippen MR) is 57.7 cm³/mol. The van der Waals surface area contributed by atoms with Crippen molar-refractivity contribution in [1.82, 2.24) is 5.16 Å². The molecule has 0 radical (unpaired) electrons. The molecule has 17 heavy (non-hydrogen) atoms. The van der Waals surface area contributed by atoms with Crippen LogP contribution in [0.25, 0.3) is 11.3 Å². The van der Waals surface area contributed by atoms with Crippen LogP contribution in [0.4, 0.5) is 14.6 Å². The molecule has 0 fully saturated rings. The zero-order chi connectivity index (χ0) is 12.4. The number of aryl methyl sites for hydroxylation is 1. The second kappa shape index (κ2) is 4.40. The quantitative estimate of drug-likeness (QED) is 0.896. The van der Waals surface area contributed by atoms with Crippen LogP contribution in [-0.4, -0.2) is 11.8 Å². The first-order valence-corrected chi connectivity index (χ1v) is 4.84. The molecule has 0 saturated carbocycles. The Morgan fingerprint density at radius 3 is 2.71 bits per heavy atom. The summed E-state index contributed by atoms with van der Waals surface area (Å²) in [6.07, 6.45) is 0. The maximum Gasteiger partial charge on any atom is 0.387 e. The molecule has 0 aliphatic carbocycles. The zero-order valence-electron chi connectivity index (χ0n) is 8.98. The third-order valence-electron chi connectivity index (χ3n) is 2.22. The maximum absolute atomic E-state index is 12.2. The molecule has 90 valence electrons. The van der Waals surface area contributed by atoms with Crippen molar-refractivity contribution in [2.45, 2.75) is 13.5 Å². The highest BCUT2D eigenvalue weighted by atomic mass is 19.3. The molecule has 0 atom stereocenters. The average molecular weight is 240 g/mol. The molecule has 0 saturated heterocycles. The van der Waals surface area contributed by atoms with Gasteiger partial charge in [0, 0.05) is 11.6 Å². The van der Waals surface area contributed by atoms with E-state index in [1.54, 1.807) is 19.1 Å². The van der Waals surface area contributed by atoms with Gasteiger partial charge in [-0.05, 0) is 18.6 Å². The molecule has 6 heteroatoms. The number of alkyl halides is 2. The van der Waals surface area contributed by atoms with E-state index in [1.807, 2.05) is 0 Å². The highest BCUT2D eigenvalue weighted by Crippen LogP contribution is 2.28. The van der Waals surface area contributed by atoms with E-state index < -0.39 is 6.61 Å². The van der Waals surface area contributed by atoms with Crippen molar-refractivity contribution in [3.8, 4) is 17.1 Å². The summed E-state index contributed by atoms with van der Waals surface area (Å²) in [6, 6.07) is 6.34. The molecule has 0 unspecified atom stereocenters. The lowest BCUT2D eigenvalue weighted by molar-refractivity contribution is -0.0502. The summed E-state index contributed by atoms with van der Waals surface area (Å²) in [5.41, 5.74) is 6.60. The van der Waals surface area contributed by atoms with Crippen LogP contribution in [0.1, 0.15) is 5.56 Å². The molecule has 0 aliphatic rings. The van der Waals surface area contributed by atoms with Gasteiger partial charge in [0.15, 0.2) is 11.6 Å². The minimum Gasteiger partial charge on any atom is -0.435 e. The third-order valence-corrected chi connectivity index (χ3v) is 2.22. The monoisotopic (exact) mass is 240 g/mol. The van der Waals surface area contributed by atoms with Gasteiger partial charge in [0.2, 0.25) is 0 Å². The van der Waals surface area contributed by atoms with Gasteiger partial charge in [0.25, 0.3) is 0 Å². The lowest BCUT2D eigenvalue weighted by Gasteiger charge is -2.08. The Morgan fingerprint density at radius 2 is 2.12 bits per heavy atom. The van der Waals surface area contributed by atoms with Gasteiger partial charge in [-0.3, -0.25) is 0 Å². The first-order chi connectivity index (χ1) is 8.06. The fourth-order valence-corrected chi connectivity index (χ4v) is 1.40. The first kappa shape index (κ1) is 11.4. The van der Waals surface area contributed by atoms with Crippen molar-refractivity contribution in [2.24, 2.45) is 0 Å². The van der Waals surface area contributed by atoms with Crippen molar-refractivity contribution < 1.29 is 18.0 Å². The third kappa shape index (κ3) is 2.52. The van der Waals surface area contributed by atoms with E-state index in [0.717, 1.165) is 0 Å². The summed E-state index contributed by atoms with van der Waals surface area (Å²) in [4.78, 5) is 0. The van der Waals surface area contributed by atoms with E-state index in [-0.39, 0.29) is 11.6 Å². The van der Waals surface area contributed by atoms with Crippen molar-refractivity contribution in [3.63, 3.8) is 0 Å². The number of anilines is 1. The van der Waals surface area contributed by atoms with Crippen molar-refractivity contribution in [1.29, 1.82) is 0 Å². The van der Waals surface area contributed by atoms with Gasteiger partial charge < -0.3 is 15.0 Å². The van der Waals surface area contributed by atoms with Crippen LogP contribution in [0.5, 0.6) is 5.75 Å². The van der Waals surface area contributed by atoms with Crippen LogP contribution in [0.3, 0.4) is 0 Å². The minimum atomic E-state index is -2.86. The first-order valence-electron chi connectivity index (χ1n) is 4.84. The maximum atomic E-state index is 12.2. The molecule has 1 heterocycles. The molecule has 0 spiro atoms. The van der Waals surface area contributed by atoms with Crippen LogP contribution in [0.2, 0.25) is 0 Å². The molecule has 2 N–H and O–H groups in total. The molecular formula is C11H10F2N2O2. The molecule has 0 amide bonds.